The number of hydrogen-bond donors (Lipinski definition) is 3. The van der Waals surface area contributed by atoms with E-state index in [0.29, 0.717) is 17.2 Å². The zero-order valence-corrected chi connectivity index (χ0v) is 19.8. The van der Waals surface area contributed by atoms with Crippen molar-refractivity contribution in [2.45, 2.75) is 5.92 Å². The van der Waals surface area contributed by atoms with Gasteiger partial charge in [0.2, 0.25) is 11.7 Å². The summed E-state index contributed by atoms with van der Waals surface area (Å²) in [5.74, 6) is -0.401. The Morgan fingerprint density at radius 2 is 1.26 bits per heavy atom. The van der Waals surface area contributed by atoms with Gasteiger partial charge in [-0.2, -0.15) is 0 Å². The van der Waals surface area contributed by atoms with Gasteiger partial charge >= 0.3 is 0 Å². The van der Waals surface area contributed by atoms with E-state index >= 15 is 0 Å². The first-order chi connectivity index (χ1) is 16.5. The van der Waals surface area contributed by atoms with Crippen molar-refractivity contribution >= 4 is 29.1 Å². The molecule has 0 aliphatic heterocycles. The first-order valence-corrected chi connectivity index (χ1v) is 10.7. The molecule has 0 aliphatic carbocycles. The molecule has 0 heterocycles. The fourth-order valence-electron chi connectivity index (χ4n) is 3.40. The van der Waals surface area contributed by atoms with Gasteiger partial charge in [-0.25, -0.2) is 0 Å². The van der Waals surface area contributed by atoms with Crippen LogP contribution in [0.15, 0.2) is 72.8 Å². The zero-order valence-electron chi connectivity index (χ0n) is 19.0. The summed E-state index contributed by atoms with van der Waals surface area (Å²) in [6, 6.07) is 21.8. The van der Waals surface area contributed by atoms with Crippen molar-refractivity contribution < 1.29 is 23.8 Å². The van der Waals surface area contributed by atoms with Gasteiger partial charge in [-0.1, -0.05) is 60.7 Å². The van der Waals surface area contributed by atoms with E-state index < -0.39 is 11.8 Å². The Balaban J connectivity index is 1.69. The maximum absolute atomic E-state index is 13.0. The van der Waals surface area contributed by atoms with Crippen LogP contribution in [-0.2, 0) is 4.79 Å². The van der Waals surface area contributed by atoms with Gasteiger partial charge in [0.15, 0.2) is 16.6 Å². The first kappa shape index (κ1) is 24.5. The summed E-state index contributed by atoms with van der Waals surface area (Å²) in [4.78, 5) is 25.8. The Morgan fingerprint density at radius 3 is 1.71 bits per heavy atom. The summed E-state index contributed by atoms with van der Waals surface area (Å²) in [6.07, 6.45) is 0. The molecule has 2 amide bonds. The number of hydrazine groups is 1. The molecule has 8 nitrogen and oxygen atoms in total. The molecule has 9 heteroatoms. The third kappa shape index (κ3) is 5.81. The maximum Gasteiger partial charge on any atom is 0.257 e. The van der Waals surface area contributed by atoms with Gasteiger partial charge in [-0.15, -0.1) is 0 Å². The fourth-order valence-corrected chi connectivity index (χ4v) is 3.54. The van der Waals surface area contributed by atoms with Gasteiger partial charge in [-0.3, -0.25) is 25.8 Å². The second-order valence-corrected chi connectivity index (χ2v) is 7.47. The molecule has 0 saturated carbocycles. The molecule has 176 valence electrons. The molecule has 3 aromatic rings. The lowest BCUT2D eigenvalue weighted by molar-refractivity contribution is -0.122. The summed E-state index contributed by atoms with van der Waals surface area (Å²) in [6.45, 7) is 0. The second-order valence-electron chi connectivity index (χ2n) is 7.07. The van der Waals surface area contributed by atoms with Crippen LogP contribution >= 0.6 is 12.2 Å². The number of benzene rings is 3. The molecule has 0 atom stereocenters. The molecule has 3 N–H and O–H groups in total. The second kappa shape index (κ2) is 11.7. The average molecular weight is 480 g/mol. The summed E-state index contributed by atoms with van der Waals surface area (Å²) in [5.41, 5.74) is 7.05. The van der Waals surface area contributed by atoms with Gasteiger partial charge < -0.3 is 14.2 Å². The van der Waals surface area contributed by atoms with Gasteiger partial charge in [0.05, 0.1) is 27.2 Å². The molecule has 0 radical (unpaired) electrons. The normalized spacial score (nSPS) is 10.2. The van der Waals surface area contributed by atoms with Crippen molar-refractivity contribution in [3.05, 3.63) is 89.5 Å². The number of ether oxygens (including phenoxy) is 3. The van der Waals surface area contributed by atoms with E-state index in [1.165, 1.54) is 33.5 Å². The highest BCUT2D eigenvalue weighted by Gasteiger charge is 2.23. The smallest absolute Gasteiger partial charge is 0.257 e. The molecule has 3 rings (SSSR count). The zero-order chi connectivity index (χ0) is 24.5. The van der Waals surface area contributed by atoms with Crippen LogP contribution in [0, 0.1) is 0 Å². The van der Waals surface area contributed by atoms with E-state index in [-0.39, 0.29) is 16.6 Å². The van der Waals surface area contributed by atoms with Crippen LogP contribution in [0.3, 0.4) is 0 Å². The van der Waals surface area contributed by atoms with Gasteiger partial charge in [0, 0.05) is 5.56 Å². The molecule has 0 fully saturated rings. The lowest BCUT2D eigenvalue weighted by Crippen LogP contribution is -2.49. The minimum Gasteiger partial charge on any atom is -0.493 e. The topological polar surface area (TPSA) is 97.9 Å². The van der Waals surface area contributed by atoms with Crippen LogP contribution in [-0.4, -0.2) is 38.3 Å². The summed E-state index contributed by atoms with van der Waals surface area (Å²) in [5, 5.41) is 2.45. The van der Waals surface area contributed by atoms with Crippen molar-refractivity contribution in [1.29, 1.82) is 0 Å². The molecule has 3 aromatic carbocycles. The van der Waals surface area contributed by atoms with Crippen LogP contribution < -0.4 is 30.4 Å². The fraction of sp³-hybridized carbons (Fsp3) is 0.160. The predicted molar refractivity (Wildman–Crippen MR) is 132 cm³/mol. The molecule has 0 spiro atoms. The number of hydrogen-bond acceptors (Lipinski definition) is 6. The lowest BCUT2D eigenvalue weighted by atomic mass is 9.91. The number of rotatable bonds is 7. The van der Waals surface area contributed by atoms with Crippen molar-refractivity contribution in [3.8, 4) is 17.2 Å². The van der Waals surface area contributed by atoms with Gasteiger partial charge in [0.1, 0.15) is 0 Å². The van der Waals surface area contributed by atoms with Gasteiger partial charge in [0.25, 0.3) is 5.91 Å². The SMILES string of the molecule is COc1cc(C(=O)NC(=S)NNC(=O)C(c2ccccc2)c2ccccc2)cc(OC)c1OC. The van der Waals surface area contributed by atoms with E-state index in [1.807, 2.05) is 60.7 Å². The first-order valence-electron chi connectivity index (χ1n) is 10.3. The third-order valence-electron chi connectivity index (χ3n) is 4.98. The number of amides is 2. The highest BCUT2D eigenvalue weighted by atomic mass is 32.1. The summed E-state index contributed by atoms with van der Waals surface area (Å²) >= 11 is 5.19. The average Bonchev–Trinajstić information content (AvgIpc) is 2.87. The summed E-state index contributed by atoms with van der Waals surface area (Å²) in [7, 11) is 4.38. The molecule has 0 unspecified atom stereocenters. The number of nitrogens with one attached hydrogen (secondary N) is 3. The van der Waals surface area contributed by atoms with Crippen molar-refractivity contribution in [2.75, 3.05) is 21.3 Å². The summed E-state index contributed by atoms with van der Waals surface area (Å²) < 4.78 is 15.8. The Morgan fingerprint density at radius 1 is 0.765 bits per heavy atom. The predicted octanol–water partition coefficient (Wildman–Crippen LogP) is 3.18. The number of methoxy groups -OCH3 is 3. The Bertz CT molecular complexity index is 1090. The van der Waals surface area contributed by atoms with E-state index in [4.69, 9.17) is 26.4 Å². The van der Waals surface area contributed by atoms with Crippen molar-refractivity contribution in [3.63, 3.8) is 0 Å². The third-order valence-corrected chi connectivity index (χ3v) is 5.19. The number of thiocarbonyl (C=S) groups is 1. The van der Waals surface area contributed by atoms with E-state index in [0.717, 1.165) is 11.1 Å². The van der Waals surface area contributed by atoms with Crippen molar-refractivity contribution in [1.82, 2.24) is 16.2 Å². The maximum atomic E-state index is 13.0. The van der Waals surface area contributed by atoms with Crippen LogP contribution in [0.25, 0.3) is 0 Å². The van der Waals surface area contributed by atoms with E-state index in [2.05, 4.69) is 16.2 Å². The molecule has 0 saturated heterocycles. The monoisotopic (exact) mass is 479 g/mol. The Labute approximate surface area is 203 Å². The van der Waals surface area contributed by atoms with Crippen LogP contribution in [0.4, 0.5) is 0 Å². The number of carbonyl (C=O) groups is 2. The lowest BCUT2D eigenvalue weighted by Gasteiger charge is -2.19. The standard InChI is InChI=1S/C25H25N3O5S/c1-31-19-14-18(15-20(32-2)22(19)33-3)23(29)26-25(34)28-27-24(30)21(16-10-6-4-7-11-16)17-12-8-5-9-13-17/h4-15,21H,1-3H3,(H,27,30)(H2,26,28,29,34). The molecule has 0 aliphatic rings. The quantitative estimate of drug-likeness (QED) is 0.354. The van der Waals surface area contributed by atoms with Crippen LogP contribution in [0.2, 0.25) is 0 Å². The largest absolute Gasteiger partial charge is 0.493 e. The molecular formula is C25H25N3O5S. The van der Waals surface area contributed by atoms with Crippen LogP contribution in [0.1, 0.15) is 27.4 Å². The Hall–Kier alpha value is -4.11. The minimum absolute atomic E-state index is 0.0769. The molecule has 0 aromatic heterocycles. The van der Waals surface area contributed by atoms with Gasteiger partial charge in [-0.05, 0) is 35.5 Å². The van der Waals surface area contributed by atoms with E-state index in [1.54, 1.807) is 0 Å². The number of carbonyl (C=O) groups excluding carboxylic acids is 2. The highest BCUT2D eigenvalue weighted by Crippen LogP contribution is 2.38. The molecule has 0 bridgehead atoms. The highest BCUT2D eigenvalue weighted by molar-refractivity contribution is 7.80. The van der Waals surface area contributed by atoms with Crippen molar-refractivity contribution in [2.24, 2.45) is 0 Å². The molecule has 34 heavy (non-hydrogen) atoms. The molecular weight excluding hydrogens is 454 g/mol. The minimum atomic E-state index is -0.566. The van der Waals surface area contributed by atoms with E-state index in [9.17, 15) is 9.59 Å². The van der Waals surface area contributed by atoms with Crippen LogP contribution in [0.5, 0.6) is 17.2 Å². The Kier molecular flexibility index (Phi) is 8.42.